The third-order valence-corrected chi connectivity index (χ3v) is 5.16. The van der Waals surface area contributed by atoms with E-state index in [2.05, 4.69) is 13.8 Å². The highest BCUT2D eigenvalue weighted by molar-refractivity contribution is 5.96. The number of ketones is 1. The minimum Gasteiger partial charge on any atom is -0.444 e. The van der Waals surface area contributed by atoms with Crippen molar-refractivity contribution in [3.8, 4) is 0 Å². The summed E-state index contributed by atoms with van der Waals surface area (Å²) in [5, 5.41) is 0. The molecule has 0 spiro atoms. The topological polar surface area (TPSA) is 46.6 Å². The van der Waals surface area contributed by atoms with Crippen LogP contribution >= 0.6 is 0 Å². The van der Waals surface area contributed by atoms with Crippen molar-refractivity contribution in [1.82, 2.24) is 4.90 Å². The summed E-state index contributed by atoms with van der Waals surface area (Å²) in [6.07, 6.45) is 4.27. The Bertz CT molecular complexity index is 420. The quantitative estimate of drug-likeness (QED) is 0.779. The molecule has 120 valence electrons. The number of carbonyl (C=O) groups excluding carboxylic acids is 2. The SMILES string of the molecule is CCC1(CC)C(=O)[C@@H]2CCCCN(C(=O)OC(C)(C)C)[C@@H]21. The largest absolute Gasteiger partial charge is 0.444 e. The summed E-state index contributed by atoms with van der Waals surface area (Å²) in [5.74, 6) is 0.396. The van der Waals surface area contributed by atoms with Gasteiger partial charge in [-0.3, -0.25) is 4.79 Å². The second-order valence-electron chi connectivity index (χ2n) is 7.45. The van der Waals surface area contributed by atoms with E-state index in [9.17, 15) is 9.59 Å². The molecule has 2 fully saturated rings. The minimum absolute atomic E-state index is 0.0277. The molecule has 0 aromatic rings. The first-order valence-electron chi connectivity index (χ1n) is 8.30. The fraction of sp³-hybridized carbons (Fsp3) is 0.882. The average molecular weight is 295 g/mol. The lowest BCUT2D eigenvalue weighted by Crippen LogP contribution is -2.68. The van der Waals surface area contributed by atoms with Gasteiger partial charge in [0.2, 0.25) is 0 Å². The highest BCUT2D eigenvalue weighted by atomic mass is 16.6. The van der Waals surface area contributed by atoms with E-state index in [-0.39, 0.29) is 23.5 Å². The second kappa shape index (κ2) is 5.62. The number of ether oxygens (including phenoxy) is 1. The fourth-order valence-corrected chi connectivity index (χ4v) is 4.08. The zero-order valence-electron chi connectivity index (χ0n) is 14.1. The van der Waals surface area contributed by atoms with Gasteiger partial charge in [0.15, 0.2) is 0 Å². The van der Waals surface area contributed by atoms with E-state index in [0.29, 0.717) is 12.3 Å². The number of likely N-dealkylation sites (tertiary alicyclic amines) is 1. The molecule has 0 aromatic heterocycles. The van der Waals surface area contributed by atoms with Crippen LogP contribution in [-0.4, -0.2) is 35.0 Å². The lowest BCUT2D eigenvalue weighted by Gasteiger charge is -2.56. The Morgan fingerprint density at radius 3 is 2.43 bits per heavy atom. The molecule has 2 aliphatic rings. The molecule has 1 aliphatic heterocycles. The lowest BCUT2D eigenvalue weighted by molar-refractivity contribution is -0.160. The molecule has 21 heavy (non-hydrogen) atoms. The van der Waals surface area contributed by atoms with Crippen molar-refractivity contribution < 1.29 is 14.3 Å². The molecule has 1 aliphatic carbocycles. The van der Waals surface area contributed by atoms with Crippen LogP contribution in [-0.2, 0) is 9.53 Å². The zero-order chi connectivity index (χ0) is 15.8. The first-order valence-corrected chi connectivity index (χ1v) is 8.30. The van der Waals surface area contributed by atoms with Crippen LogP contribution in [0, 0.1) is 11.3 Å². The molecule has 0 radical (unpaired) electrons. The number of carbonyl (C=O) groups is 2. The molecule has 4 heteroatoms. The van der Waals surface area contributed by atoms with Crippen LogP contribution in [0.4, 0.5) is 4.79 Å². The van der Waals surface area contributed by atoms with Crippen LogP contribution in [0.15, 0.2) is 0 Å². The van der Waals surface area contributed by atoms with Crippen LogP contribution < -0.4 is 0 Å². The summed E-state index contributed by atoms with van der Waals surface area (Å²) in [7, 11) is 0. The van der Waals surface area contributed by atoms with Crippen molar-refractivity contribution in [2.45, 2.75) is 78.4 Å². The molecular weight excluding hydrogens is 266 g/mol. The molecule has 0 bridgehead atoms. The second-order valence-corrected chi connectivity index (χ2v) is 7.45. The van der Waals surface area contributed by atoms with Crippen molar-refractivity contribution in [2.24, 2.45) is 11.3 Å². The summed E-state index contributed by atoms with van der Waals surface area (Å²) in [6.45, 7) is 10.5. The average Bonchev–Trinajstić information content (AvgIpc) is 2.59. The summed E-state index contributed by atoms with van der Waals surface area (Å²) in [6, 6.07) is 0.0392. The Morgan fingerprint density at radius 2 is 1.90 bits per heavy atom. The van der Waals surface area contributed by atoms with Gasteiger partial charge in [-0.25, -0.2) is 4.79 Å². The molecule has 1 heterocycles. The van der Waals surface area contributed by atoms with E-state index >= 15 is 0 Å². The summed E-state index contributed by atoms with van der Waals surface area (Å²) >= 11 is 0. The molecule has 1 saturated heterocycles. The molecule has 2 atom stereocenters. The molecule has 4 nitrogen and oxygen atoms in total. The predicted octanol–water partition coefficient (Wildman–Crippen LogP) is 3.78. The maximum absolute atomic E-state index is 12.6. The van der Waals surface area contributed by atoms with Gasteiger partial charge in [0.25, 0.3) is 0 Å². The van der Waals surface area contributed by atoms with Gasteiger partial charge in [-0.05, 0) is 46.5 Å². The van der Waals surface area contributed by atoms with E-state index < -0.39 is 5.60 Å². The van der Waals surface area contributed by atoms with E-state index in [4.69, 9.17) is 4.74 Å². The predicted molar refractivity (Wildman–Crippen MR) is 82.1 cm³/mol. The highest BCUT2D eigenvalue weighted by Gasteiger charge is 2.62. The van der Waals surface area contributed by atoms with Gasteiger partial charge < -0.3 is 9.64 Å². The van der Waals surface area contributed by atoms with E-state index in [0.717, 1.165) is 32.1 Å². The molecule has 2 rings (SSSR count). The number of rotatable bonds is 2. The first kappa shape index (κ1) is 16.3. The van der Waals surface area contributed by atoms with Gasteiger partial charge in [0.05, 0.1) is 11.5 Å². The maximum atomic E-state index is 12.6. The van der Waals surface area contributed by atoms with Gasteiger partial charge in [0, 0.05) is 12.5 Å². The molecule has 0 unspecified atom stereocenters. The number of hydrogen-bond acceptors (Lipinski definition) is 3. The van der Waals surface area contributed by atoms with E-state index in [1.165, 1.54) is 0 Å². The molecule has 0 aromatic carbocycles. The third kappa shape index (κ3) is 2.69. The Labute approximate surface area is 128 Å². The number of fused-ring (bicyclic) bond motifs is 1. The van der Waals surface area contributed by atoms with Crippen LogP contribution in [0.1, 0.15) is 66.7 Å². The molecule has 1 saturated carbocycles. The van der Waals surface area contributed by atoms with Crippen molar-refractivity contribution >= 4 is 11.9 Å². The maximum Gasteiger partial charge on any atom is 0.410 e. The number of nitrogens with zero attached hydrogens (tertiary/aromatic N) is 1. The third-order valence-electron chi connectivity index (χ3n) is 5.16. The standard InChI is InChI=1S/C17H29NO3/c1-6-17(7-2)13-12(14(17)19)10-8-9-11-18(13)15(20)21-16(3,4)5/h12-13H,6-11H2,1-5H3/t12-,13+/m1/s1. The Morgan fingerprint density at radius 1 is 1.29 bits per heavy atom. The van der Waals surface area contributed by atoms with Gasteiger partial charge >= 0.3 is 6.09 Å². The highest BCUT2D eigenvalue weighted by Crippen LogP contribution is 2.53. The van der Waals surface area contributed by atoms with Gasteiger partial charge in [0.1, 0.15) is 11.4 Å². The Balaban J connectivity index is 2.27. The van der Waals surface area contributed by atoms with Gasteiger partial charge in [-0.15, -0.1) is 0 Å². The number of Topliss-reactive ketones (excluding diaryl/α,β-unsaturated/α-hetero) is 1. The monoisotopic (exact) mass is 295 g/mol. The van der Waals surface area contributed by atoms with Gasteiger partial charge in [-0.2, -0.15) is 0 Å². The Hall–Kier alpha value is -1.06. The lowest BCUT2D eigenvalue weighted by atomic mass is 9.53. The van der Waals surface area contributed by atoms with E-state index in [1.54, 1.807) is 0 Å². The van der Waals surface area contributed by atoms with Gasteiger partial charge in [-0.1, -0.05) is 20.3 Å². The van der Waals surface area contributed by atoms with Crippen LogP contribution in [0.2, 0.25) is 0 Å². The van der Waals surface area contributed by atoms with Crippen molar-refractivity contribution in [3.63, 3.8) is 0 Å². The number of hydrogen-bond donors (Lipinski definition) is 0. The smallest absolute Gasteiger partial charge is 0.410 e. The summed E-state index contributed by atoms with van der Waals surface area (Å²) in [5.41, 5.74) is -0.834. The summed E-state index contributed by atoms with van der Waals surface area (Å²) < 4.78 is 5.58. The molecule has 0 N–H and O–H groups in total. The summed E-state index contributed by atoms with van der Waals surface area (Å²) in [4.78, 5) is 27.0. The van der Waals surface area contributed by atoms with Crippen LogP contribution in [0.5, 0.6) is 0 Å². The van der Waals surface area contributed by atoms with Crippen molar-refractivity contribution in [1.29, 1.82) is 0 Å². The van der Waals surface area contributed by atoms with Crippen LogP contribution in [0.3, 0.4) is 0 Å². The minimum atomic E-state index is -0.492. The number of amides is 1. The molecular formula is C17H29NO3. The van der Waals surface area contributed by atoms with Crippen molar-refractivity contribution in [3.05, 3.63) is 0 Å². The van der Waals surface area contributed by atoms with Crippen molar-refractivity contribution in [2.75, 3.05) is 6.54 Å². The van der Waals surface area contributed by atoms with E-state index in [1.807, 2.05) is 25.7 Å². The molecule has 1 amide bonds. The fourth-order valence-electron chi connectivity index (χ4n) is 4.08. The first-order chi connectivity index (χ1) is 9.77. The normalized spacial score (nSPS) is 28.4. The van der Waals surface area contributed by atoms with Crippen LogP contribution in [0.25, 0.3) is 0 Å². The Kier molecular flexibility index (Phi) is 4.36. The zero-order valence-corrected chi connectivity index (χ0v) is 14.1.